The number of alkyl halides is 3. The Labute approximate surface area is 203 Å². The van der Waals surface area contributed by atoms with Gasteiger partial charge in [0.1, 0.15) is 22.4 Å². The lowest BCUT2D eigenvalue weighted by Crippen LogP contribution is -2.36. The monoisotopic (exact) mass is 504 g/mol. The number of thiazole rings is 1. The van der Waals surface area contributed by atoms with E-state index in [1.807, 2.05) is 18.2 Å². The molecule has 1 aliphatic heterocycles. The van der Waals surface area contributed by atoms with Crippen LogP contribution in [-0.4, -0.2) is 58.9 Å². The second-order valence-corrected chi connectivity index (χ2v) is 9.13. The van der Waals surface area contributed by atoms with E-state index in [1.54, 1.807) is 30.1 Å². The van der Waals surface area contributed by atoms with Crippen LogP contribution >= 0.6 is 11.3 Å². The van der Waals surface area contributed by atoms with Crippen molar-refractivity contribution in [3.63, 3.8) is 0 Å². The highest BCUT2D eigenvalue weighted by molar-refractivity contribution is 7.15. The number of fused-ring (bicyclic) bond motifs is 1. The van der Waals surface area contributed by atoms with E-state index < -0.39 is 12.1 Å². The molecule has 184 valence electrons. The molecule has 0 bridgehead atoms. The average Bonchev–Trinajstić information content (AvgIpc) is 3.53. The minimum Gasteiger partial charge on any atom is -0.495 e. The summed E-state index contributed by atoms with van der Waals surface area (Å²) in [6.45, 7) is 4.00. The number of benzene rings is 1. The molecule has 4 heterocycles. The highest BCUT2D eigenvalue weighted by atomic mass is 32.1. The third kappa shape index (κ3) is 4.76. The van der Waals surface area contributed by atoms with Crippen LogP contribution in [-0.2, 0) is 4.74 Å². The maximum atomic E-state index is 13.1. The number of hydrogen-bond donors (Lipinski definition) is 1. The molecule has 12 heteroatoms. The van der Waals surface area contributed by atoms with Gasteiger partial charge in [-0.3, -0.25) is 0 Å². The van der Waals surface area contributed by atoms with Gasteiger partial charge < -0.3 is 24.1 Å². The normalized spacial score (nSPS) is 15.4. The summed E-state index contributed by atoms with van der Waals surface area (Å²) < 4.78 is 52.3. The van der Waals surface area contributed by atoms with Crippen LogP contribution in [0, 0.1) is 0 Å². The molecule has 1 atom stereocenters. The summed E-state index contributed by atoms with van der Waals surface area (Å²) >= 11 is 0.980. The van der Waals surface area contributed by atoms with Crippen LogP contribution in [0.4, 0.5) is 30.4 Å². The van der Waals surface area contributed by atoms with E-state index in [-0.39, 0.29) is 5.01 Å². The minimum atomic E-state index is -4.35. The Morgan fingerprint density at radius 1 is 1.20 bits per heavy atom. The van der Waals surface area contributed by atoms with Gasteiger partial charge in [0.05, 0.1) is 30.9 Å². The molecule has 5 rings (SSSR count). The Hall–Kier alpha value is -3.38. The summed E-state index contributed by atoms with van der Waals surface area (Å²) in [4.78, 5) is 15.8. The first-order valence-corrected chi connectivity index (χ1v) is 11.8. The van der Waals surface area contributed by atoms with Crippen molar-refractivity contribution in [2.75, 3.05) is 43.6 Å². The molecule has 0 spiro atoms. The summed E-state index contributed by atoms with van der Waals surface area (Å²) in [5, 5.41) is 3.29. The minimum absolute atomic E-state index is 0.00187. The molecular formula is C23H23F3N6O2S. The van der Waals surface area contributed by atoms with Crippen molar-refractivity contribution in [3.05, 3.63) is 48.0 Å². The third-order valence-electron chi connectivity index (χ3n) is 5.81. The Morgan fingerprint density at radius 2 is 2.00 bits per heavy atom. The smallest absolute Gasteiger partial charge is 0.397 e. The Morgan fingerprint density at radius 3 is 2.74 bits per heavy atom. The number of imidazole rings is 1. The first-order valence-electron chi connectivity index (χ1n) is 11.0. The molecule has 1 aliphatic rings. The largest absolute Gasteiger partial charge is 0.495 e. The van der Waals surface area contributed by atoms with Crippen molar-refractivity contribution in [2.24, 2.45) is 0 Å². The molecule has 0 aliphatic carbocycles. The van der Waals surface area contributed by atoms with Crippen LogP contribution in [0.2, 0.25) is 0 Å². The van der Waals surface area contributed by atoms with Gasteiger partial charge in [-0.2, -0.15) is 13.2 Å². The van der Waals surface area contributed by atoms with Gasteiger partial charge in [0.15, 0.2) is 11.5 Å². The number of methoxy groups -OCH3 is 1. The average molecular weight is 505 g/mol. The van der Waals surface area contributed by atoms with Crippen LogP contribution in [0.3, 0.4) is 0 Å². The standard InChI is InChI=1S/C23H23F3N6O2S/c1-14(23(24,25)26)22-28-12-19(35-22)16-13-32-6-5-27-21(32)20(30-16)29-15-3-4-17(18(11-15)33-2)31-7-9-34-10-8-31/h3-6,11-14H,7-10H2,1-2H3,(H,29,30). The van der Waals surface area contributed by atoms with Gasteiger partial charge in [-0.1, -0.05) is 0 Å². The van der Waals surface area contributed by atoms with Crippen molar-refractivity contribution in [1.29, 1.82) is 0 Å². The maximum Gasteiger partial charge on any atom is 0.397 e. The topological polar surface area (TPSA) is 76.8 Å². The molecule has 1 N–H and O–H groups in total. The van der Waals surface area contributed by atoms with Gasteiger partial charge >= 0.3 is 6.18 Å². The van der Waals surface area contributed by atoms with Gasteiger partial charge in [0.2, 0.25) is 0 Å². The molecule has 1 aromatic carbocycles. The van der Waals surface area contributed by atoms with Crippen molar-refractivity contribution >= 4 is 34.2 Å². The number of anilines is 3. The van der Waals surface area contributed by atoms with E-state index in [2.05, 4.69) is 25.2 Å². The van der Waals surface area contributed by atoms with Crippen LogP contribution in [0.5, 0.6) is 5.75 Å². The highest BCUT2D eigenvalue weighted by Crippen LogP contribution is 2.39. The predicted molar refractivity (Wildman–Crippen MR) is 128 cm³/mol. The molecule has 1 fully saturated rings. The zero-order valence-corrected chi connectivity index (χ0v) is 19.9. The van der Waals surface area contributed by atoms with Crippen molar-refractivity contribution in [2.45, 2.75) is 19.0 Å². The molecule has 8 nitrogen and oxygen atoms in total. The van der Waals surface area contributed by atoms with Gasteiger partial charge in [0.25, 0.3) is 0 Å². The highest BCUT2D eigenvalue weighted by Gasteiger charge is 2.39. The number of morpholine rings is 1. The molecular weight excluding hydrogens is 481 g/mol. The predicted octanol–water partition coefficient (Wildman–Crippen LogP) is 5.11. The van der Waals surface area contributed by atoms with Crippen molar-refractivity contribution < 1.29 is 22.6 Å². The molecule has 1 saturated heterocycles. The lowest BCUT2D eigenvalue weighted by atomic mass is 10.2. The summed E-state index contributed by atoms with van der Waals surface area (Å²) in [5.74, 6) is -0.471. The Balaban J connectivity index is 1.47. The molecule has 0 saturated carbocycles. The molecule has 1 unspecified atom stereocenters. The Kier molecular flexibility index (Phi) is 6.24. The maximum absolute atomic E-state index is 13.1. The number of ether oxygens (including phenoxy) is 2. The molecule has 0 radical (unpaired) electrons. The van der Waals surface area contributed by atoms with E-state index >= 15 is 0 Å². The first-order chi connectivity index (χ1) is 16.8. The van der Waals surface area contributed by atoms with E-state index in [9.17, 15) is 13.2 Å². The van der Waals surface area contributed by atoms with Gasteiger partial charge in [-0.05, 0) is 19.1 Å². The fourth-order valence-electron chi connectivity index (χ4n) is 3.84. The Bertz CT molecular complexity index is 1330. The van der Waals surface area contributed by atoms with Gasteiger partial charge in [-0.25, -0.2) is 15.0 Å². The quantitative estimate of drug-likeness (QED) is 0.391. The van der Waals surface area contributed by atoms with E-state index in [4.69, 9.17) is 9.47 Å². The molecule has 3 aromatic heterocycles. The van der Waals surface area contributed by atoms with Gasteiger partial charge in [0, 0.05) is 49.6 Å². The third-order valence-corrected chi connectivity index (χ3v) is 7.01. The lowest BCUT2D eigenvalue weighted by Gasteiger charge is -2.30. The molecule has 0 amide bonds. The number of rotatable bonds is 6. The van der Waals surface area contributed by atoms with E-state index in [0.717, 1.165) is 42.7 Å². The first kappa shape index (κ1) is 23.4. The van der Waals surface area contributed by atoms with Gasteiger partial charge in [-0.15, -0.1) is 11.3 Å². The number of halogens is 3. The lowest BCUT2D eigenvalue weighted by molar-refractivity contribution is -0.146. The molecule has 35 heavy (non-hydrogen) atoms. The van der Waals surface area contributed by atoms with E-state index in [1.165, 1.54) is 6.20 Å². The zero-order valence-electron chi connectivity index (χ0n) is 19.0. The van der Waals surface area contributed by atoms with Crippen LogP contribution < -0.4 is 15.0 Å². The number of hydrogen-bond acceptors (Lipinski definition) is 8. The summed E-state index contributed by atoms with van der Waals surface area (Å²) in [6, 6.07) is 5.79. The van der Waals surface area contributed by atoms with Crippen LogP contribution in [0.25, 0.3) is 16.2 Å². The fraction of sp³-hybridized carbons (Fsp3) is 0.348. The second-order valence-electron chi connectivity index (χ2n) is 8.07. The SMILES string of the molecule is COc1cc(Nc2nc(-c3cnc(C(C)C(F)(F)F)s3)cn3ccnc23)ccc1N1CCOCC1. The summed E-state index contributed by atoms with van der Waals surface area (Å²) in [7, 11) is 1.62. The number of nitrogens with zero attached hydrogens (tertiary/aromatic N) is 5. The summed E-state index contributed by atoms with van der Waals surface area (Å²) in [5.41, 5.74) is 2.79. The zero-order chi connectivity index (χ0) is 24.6. The second kappa shape index (κ2) is 9.34. The number of aromatic nitrogens is 4. The fourth-order valence-corrected chi connectivity index (χ4v) is 4.79. The van der Waals surface area contributed by atoms with E-state index in [0.29, 0.717) is 41.0 Å². The van der Waals surface area contributed by atoms with Crippen molar-refractivity contribution in [3.8, 4) is 16.3 Å². The van der Waals surface area contributed by atoms with Crippen LogP contribution in [0.1, 0.15) is 17.8 Å². The number of nitrogens with one attached hydrogen (secondary N) is 1. The van der Waals surface area contributed by atoms with Crippen molar-refractivity contribution in [1.82, 2.24) is 19.4 Å². The molecule has 4 aromatic rings. The summed E-state index contributed by atoms with van der Waals surface area (Å²) in [6.07, 6.45) is 2.20. The van der Waals surface area contributed by atoms with Crippen LogP contribution in [0.15, 0.2) is 43.0 Å².